The molecule has 3 unspecified atom stereocenters. The second-order valence-electron chi connectivity index (χ2n) is 5.14. The van der Waals surface area contributed by atoms with Gasteiger partial charge in [-0.05, 0) is 50.9 Å². The van der Waals surface area contributed by atoms with Gasteiger partial charge in [-0.15, -0.1) is 0 Å². The number of fused-ring (bicyclic) bond motifs is 2. The van der Waals surface area contributed by atoms with Crippen molar-refractivity contribution in [1.29, 1.82) is 0 Å². The molecule has 3 heterocycles. The second-order valence-corrected chi connectivity index (χ2v) is 5.14. The average molecular weight is 220 g/mol. The average Bonchev–Trinajstić information content (AvgIpc) is 2.86. The van der Waals surface area contributed by atoms with Crippen LogP contribution in [-0.4, -0.2) is 30.6 Å². The Bertz CT molecular complexity index is 361. The van der Waals surface area contributed by atoms with E-state index in [1.165, 1.54) is 32.5 Å². The third-order valence-corrected chi connectivity index (χ3v) is 3.97. The SMILES string of the molecule is Cc1ccc(CNC2CCN3CCC2C3)o1. The van der Waals surface area contributed by atoms with E-state index in [9.17, 15) is 0 Å². The summed E-state index contributed by atoms with van der Waals surface area (Å²) in [6.45, 7) is 6.76. The maximum absolute atomic E-state index is 5.58. The monoisotopic (exact) mass is 220 g/mol. The maximum atomic E-state index is 5.58. The van der Waals surface area contributed by atoms with E-state index in [4.69, 9.17) is 4.42 Å². The van der Waals surface area contributed by atoms with Crippen molar-refractivity contribution in [2.24, 2.45) is 5.92 Å². The molecule has 0 spiro atoms. The van der Waals surface area contributed by atoms with Gasteiger partial charge in [-0.2, -0.15) is 0 Å². The molecule has 2 saturated heterocycles. The molecular formula is C13H20N2O. The van der Waals surface area contributed by atoms with Crippen molar-refractivity contribution in [2.75, 3.05) is 19.6 Å². The minimum Gasteiger partial charge on any atom is -0.465 e. The summed E-state index contributed by atoms with van der Waals surface area (Å²) in [7, 11) is 0. The molecule has 1 N–H and O–H groups in total. The first-order valence-electron chi connectivity index (χ1n) is 6.32. The van der Waals surface area contributed by atoms with Gasteiger partial charge < -0.3 is 14.6 Å². The number of nitrogens with zero attached hydrogens (tertiary/aromatic N) is 1. The van der Waals surface area contributed by atoms with Crippen LogP contribution in [0.5, 0.6) is 0 Å². The Kier molecular flexibility index (Phi) is 2.74. The van der Waals surface area contributed by atoms with E-state index in [1.807, 2.05) is 13.0 Å². The molecule has 1 aromatic rings. The quantitative estimate of drug-likeness (QED) is 0.841. The van der Waals surface area contributed by atoms with Crippen molar-refractivity contribution in [2.45, 2.75) is 32.4 Å². The number of aryl methyl sites for hydroxylation is 1. The van der Waals surface area contributed by atoms with E-state index in [2.05, 4.69) is 16.3 Å². The predicted molar refractivity (Wildman–Crippen MR) is 63.2 cm³/mol. The Morgan fingerprint density at radius 2 is 2.25 bits per heavy atom. The van der Waals surface area contributed by atoms with Gasteiger partial charge in [-0.1, -0.05) is 0 Å². The Morgan fingerprint density at radius 1 is 1.38 bits per heavy atom. The number of hydrogen-bond donors (Lipinski definition) is 1. The molecule has 0 amide bonds. The molecule has 3 heteroatoms. The molecule has 2 fully saturated rings. The van der Waals surface area contributed by atoms with E-state index >= 15 is 0 Å². The lowest BCUT2D eigenvalue weighted by atomic mass is 9.94. The van der Waals surface area contributed by atoms with Gasteiger partial charge in [0.2, 0.25) is 0 Å². The van der Waals surface area contributed by atoms with E-state index < -0.39 is 0 Å². The van der Waals surface area contributed by atoms with Crippen LogP contribution in [-0.2, 0) is 6.54 Å². The molecule has 0 radical (unpaired) electrons. The molecule has 3 nitrogen and oxygen atoms in total. The van der Waals surface area contributed by atoms with Gasteiger partial charge in [0.1, 0.15) is 11.5 Å². The number of piperidine rings is 1. The van der Waals surface area contributed by atoms with Gasteiger partial charge in [0.15, 0.2) is 0 Å². The summed E-state index contributed by atoms with van der Waals surface area (Å²) in [4.78, 5) is 2.58. The molecule has 1 aromatic heterocycles. The molecule has 2 aliphatic rings. The molecule has 3 rings (SSSR count). The molecule has 2 bridgehead atoms. The zero-order chi connectivity index (χ0) is 11.0. The van der Waals surface area contributed by atoms with Gasteiger partial charge in [0.05, 0.1) is 6.54 Å². The first-order valence-corrected chi connectivity index (χ1v) is 6.32. The van der Waals surface area contributed by atoms with Gasteiger partial charge in [0, 0.05) is 12.6 Å². The molecule has 0 aliphatic carbocycles. The standard InChI is InChI=1S/C13H20N2O/c1-10-2-3-12(16-10)8-14-13-5-7-15-6-4-11(13)9-15/h2-3,11,13-14H,4-9H2,1H3. The zero-order valence-electron chi connectivity index (χ0n) is 9.91. The Labute approximate surface area is 96.8 Å². The largest absolute Gasteiger partial charge is 0.465 e. The summed E-state index contributed by atoms with van der Waals surface area (Å²) < 4.78 is 5.58. The van der Waals surface area contributed by atoms with E-state index in [0.29, 0.717) is 6.04 Å². The fourth-order valence-corrected chi connectivity index (χ4v) is 3.03. The highest BCUT2D eigenvalue weighted by Crippen LogP contribution is 2.27. The lowest BCUT2D eigenvalue weighted by Crippen LogP contribution is -2.43. The Morgan fingerprint density at radius 3 is 3.06 bits per heavy atom. The van der Waals surface area contributed by atoms with Crippen molar-refractivity contribution in [3.05, 3.63) is 23.7 Å². The molecule has 0 saturated carbocycles. The van der Waals surface area contributed by atoms with Crippen LogP contribution < -0.4 is 5.32 Å². The minimum absolute atomic E-state index is 0.698. The third kappa shape index (κ3) is 2.02. The third-order valence-electron chi connectivity index (χ3n) is 3.97. The first kappa shape index (κ1) is 10.4. The van der Waals surface area contributed by atoms with Crippen LogP contribution in [0.2, 0.25) is 0 Å². The van der Waals surface area contributed by atoms with Crippen molar-refractivity contribution in [1.82, 2.24) is 10.2 Å². The summed E-state index contributed by atoms with van der Waals surface area (Å²) >= 11 is 0. The van der Waals surface area contributed by atoms with Gasteiger partial charge in [0.25, 0.3) is 0 Å². The van der Waals surface area contributed by atoms with Crippen LogP contribution in [0.3, 0.4) is 0 Å². The van der Waals surface area contributed by atoms with Crippen molar-refractivity contribution >= 4 is 0 Å². The van der Waals surface area contributed by atoms with E-state index in [-0.39, 0.29) is 0 Å². The molecule has 16 heavy (non-hydrogen) atoms. The van der Waals surface area contributed by atoms with Gasteiger partial charge in [-0.25, -0.2) is 0 Å². The van der Waals surface area contributed by atoms with Crippen molar-refractivity contribution in [3.8, 4) is 0 Å². The zero-order valence-corrected chi connectivity index (χ0v) is 9.91. The second kappa shape index (κ2) is 4.22. The van der Waals surface area contributed by atoms with Crippen molar-refractivity contribution in [3.63, 3.8) is 0 Å². The molecule has 88 valence electrons. The number of rotatable bonds is 3. The summed E-state index contributed by atoms with van der Waals surface area (Å²) in [5.74, 6) is 2.94. The Balaban J connectivity index is 1.55. The lowest BCUT2D eigenvalue weighted by molar-refractivity contribution is 0.217. The van der Waals surface area contributed by atoms with Crippen LogP contribution in [0.25, 0.3) is 0 Å². The highest BCUT2D eigenvalue weighted by atomic mass is 16.3. The topological polar surface area (TPSA) is 28.4 Å². The highest BCUT2D eigenvalue weighted by Gasteiger charge is 2.33. The lowest BCUT2D eigenvalue weighted by Gasteiger charge is -2.30. The van der Waals surface area contributed by atoms with E-state index in [0.717, 1.165) is 24.0 Å². The summed E-state index contributed by atoms with van der Waals surface area (Å²) in [5, 5.41) is 3.66. The predicted octanol–water partition coefficient (Wildman–Crippen LogP) is 1.77. The molecular weight excluding hydrogens is 200 g/mol. The molecule has 0 aromatic carbocycles. The van der Waals surface area contributed by atoms with Crippen LogP contribution >= 0.6 is 0 Å². The van der Waals surface area contributed by atoms with Crippen LogP contribution in [0, 0.1) is 12.8 Å². The molecule has 3 atom stereocenters. The van der Waals surface area contributed by atoms with Crippen LogP contribution in [0.15, 0.2) is 16.5 Å². The van der Waals surface area contributed by atoms with Gasteiger partial charge >= 0.3 is 0 Å². The summed E-state index contributed by atoms with van der Waals surface area (Å²) in [5.41, 5.74) is 0. The Hall–Kier alpha value is -0.800. The fraction of sp³-hybridized carbons (Fsp3) is 0.692. The smallest absolute Gasteiger partial charge is 0.117 e. The normalized spacial score (nSPS) is 33.2. The first-order chi connectivity index (χ1) is 7.81. The van der Waals surface area contributed by atoms with Crippen LogP contribution in [0.4, 0.5) is 0 Å². The number of furan rings is 1. The summed E-state index contributed by atoms with van der Waals surface area (Å²) in [6, 6.07) is 4.81. The maximum Gasteiger partial charge on any atom is 0.117 e. The minimum atomic E-state index is 0.698. The fourth-order valence-electron chi connectivity index (χ4n) is 3.03. The highest BCUT2D eigenvalue weighted by molar-refractivity contribution is 5.05. The van der Waals surface area contributed by atoms with Crippen molar-refractivity contribution < 1.29 is 4.42 Å². The molecule has 2 aliphatic heterocycles. The van der Waals surface area contributed by atoms with Crippen LogP contribution in [0.1, 0.15) is 24.4 Å². The number of nitrogens with one attached hydrogen (secondary N) is 1. The summed E-state index contributed by atoms with van der Waals surface area (Å²) in [6.07, 6.45) is 2.67. The van der Waals surface area contributed by atoms with E-state index in [1.54, 1.807) is 0 Å². The number of hydrogen-bond acceptors (Lipinski definition) is 3. The van der Waals surface area contributed by atoms with Gasteiger partial charge in [-0.3, -0.25) is 0 Å².